The first-order chi connectivity index (χ1) is 39.1. The first-order valence-electron chi connectivity index (χ1n) is 25.4. The molecule has 1 saturated heterocycles. The molecule has 6 aromatic carbocycles. The number of hydrogen-bond acceptors (Lipinski definition) is 15. The molecule has 9 aromatic rings. The van der Waals surface area contributed by atoms with Crippen molar-refractivity contribution in [3.05, 3.63) is 256 Å². The van der Waals surface area contributed by atoms with Crippen LogP contribution in [-0.4, -0.2) is 69.1 Å². The summed E-state index contributed by atoms with van der Waals surface area (Å²) in [6.45, 7) is -0.483. The molecule has 1 unspecified atom stereocenters. The highest BCUT2D eigenvalue weighted by atomic mass is 32.2. The molecule has 2 atom stereocenters. The minimum atomic E-state index is -1.78. The van der Waals surface area contributed by atoms with E-state index in [-0.39, 0.29) is 48.1 Å². The smallest absolute Gasteiger partial charge is 0.355 e. The van der Waals surface area contributed by atoms with Gasteiger partial charge in [0.25, 0.3) is 5.91 Å². The highest BCUT2D eigenvalue weighted by Gasteiger charge is 2.58. The zero-order chi connectivity index (χ0) is 55.2. The maximum atomic E-state index is 15.3. The van der Waals surface area contributed by atoms with Gasteiger partial charge in [0, 0.05) is 11.0 Å². The molecule has 0 aliphatic carbocycles. The highest BCUT2D eigenvalue weighted by molar-refractivity contribution is 8.01. The quantitative estimate of drug-likeness (QED) is 0.0173. The number of ether oxygens (including phenoxy) is 3. The van der Waals surface area contributed by atoms with Crippen molar-refractivity contribution in [2.45, 2.75) is 41.5 Å². The highest BCUT2D eigenvalue weighted by Crippen LogP contribution is 2.55. The number of rotatable bonds is 19. The molecule has 2 aliphatic rings. The van der Waals surface area contributed by atoms with Crippen molar-refractivity contribution in [3.8, 4) is 5.75 Å². The predicted molar refractivity (Wildman–Crippen MR) is 303 cm³/mol. The summed E-state index contributed by atoms with van der Waals surface area (Å²) in [5.41, 5.74) is 11.3. The summed E-state index contributed by atoms with van der Waals surface area (Å²) >= 11 is 2.50. The Balaban J connectivity index is 1.10. The molecule has 4 N–H and O–H groups in total. The SMILES string of the molecule is CON=CC(=O)NC1(c2csc(NC(c3ccccc3)(c3ccccc3)c3ccccc3)n2)S[C@H]2CC(=O)N2C(C(=O)OCc2ccc(OC)cc2)=C1C[n+]1cc(C(=O)OC(c2ccccc2)c2ccccc2)c(N)n2nccc21. The fraction of sp³-hybridized carbons (Fsp3) is 0.148. The van der Waals surface area contributed by atoms with Gasteiger partial charge in [-0.2, -0.15) is 0 Å². The summed E-state index contributed by atoms with van der Waals surface area (Å²) in [6, 6.07) is 57.5. The summed E-state index contributed by atoms with van der Waals surface area (Å²) in [5.74, 6) is -2.13. The van der Waals surface area contributed by atoms with Crippen LogP contribution in [0.15, 0.2) is 216 Å². The third-order valence-electron chi connectivity index (χ3n) is 13.9. The number of aromatic nitrogens is 4. The number of fused-ring (bicyclic) bond motifs is 2. The molecule has 80 heavy (non-hydrogen) atoms. The molecule has 2 amide bonds. The maximum Gasteiger partial charge on any atom is 0.355 e. The summed E-state index contributed by atoms with van der Waals surface area (Å²) in [5, 5.41) is 17.0. The first-order valence-corrected chi connectivity index (χ1v) is 27.2. The number of hydrogen-bond donors (Lipinski definition) is 3. The molecule has 2 aliphatic heterocycles. The molecule has 0 bridgehead atoms. The van der Waals surface area contributed by atoms with E-state index in [0.717, 1.165) is 34.0 Å². The molecule has 0 spiro atoms. The zero-order valence-corrected chi connectivity index (χ0v) is 44.9. The molecule has 400 valence electrons. The van der Waals surface area contributed by atoms with E-state index < -0.39 is 39.7 Å². The van der Waals surface area contributed by atoms with E-state index in [1.54, 1.807) is 42.0 Å². The topological polar surface area (TPSA) is 205 Å². The summed E-state index contributed by atoms with van der Waals surface area (Å²) in [4.78, 5) is 68.7. The largest absolute Gasteiger partial charge is 0.497 e. The Morgan fingerprint density at radius 1 is 0.812 bits per heavy atom. The van der Waals surface area contributed by atoms with Crippen molar-refractivity contribution in [3.63, 3.8) is 0 Å². The van der Waals surface area contributed by atoms with Crippen molar-refractivity contribution >= 4 is 69.7 Å². The van der Waals surface area contributed by atoms with Crippen LogP contribution in [0.1, 0.15) is 62.0 Å². The van der Waals surface area contributed by atoms with Crippen LogP contribution in [0.4, 0.5) is 10.9 Å². The Kier molecular flexibility index (Phi) is 14.9. The van der Waals surface area contributed by atoms with Gasteiger partial charge in [-0.1, -0.05) is 190 Å². The van der Waals surface area contributed by atoms with E-state index in [1.165, 1.54) is 52.0 Å². The number of nitrogens with two attached hydrogens (primary N) is 1. The van der Waals surface area contributed by atoms with Gasteiger partial charge in [-0.15, -0.1) is 11.3 Å². The van der Waals surface area contributed by atoms with E-state index >= 15 is 4.79 Å². The van der Waals surface area contributed by atoms with Crippen LogP contribution in [0.5, 0.6) is 5.75 Å². The van der Waals surface area contributed by atoms with Gasteiger partial charge in [-0.3, -0.25) is 14.5 Å². The van der Waals surface area contributed by atoms with Crippen LogP contribution < -0.4 is 25.7 Å². The number of nitrogens with zero attached hydrogens (tertiary/aromatic N) is 6. The molecule has 19 heteroatoms. The van der Waals surface area contributed by atoms with E-state index in [0.29, 0.717) is 27.8 Å². The second kappa shape index (κ2) is 22.8. The van der Waals surface area contributed by atoms with Crippen LogP contribution in [-0.2, 0) is 52.3 Å². The Hall–Kier alpha value is -9.59. The van der Waals surface area contributed by atoms with Crippen LogP contribution >= 0.6 is 23.1 Å². The summed E-state index contributed by atoms with van der Waals surface area (Å²) in [6.07, 6.45) is 3.19. The fourth-order valence-corrected chi connectivity index (χ4v) is 12.7. The maximum absolute atomic E-state index is 15.3. The van der Waals surface area contributed by atoms with Gasteiger partial charge in [0.1, 0.15) is 49.7 Å². The molecular weight excluding hydrogens is 1050 g/mol. The molecule has 3 aromatic heterocycles. The number of thiazole rings is 1. The predicted octanol–water partition coefficient (Wildman–Crippen LogP) is 8.92. The molecule has 11 rings (SSSR count). The molecule has 1 fully saturated rings. The number of carbonyl (C=O) groups is 4. The van der Waals surface area contributed by atoms with Gasteiger partial charge < -0.3 is 35.4 Å². The molecule has 0 saturated carbocycles. The first kappa shape index (κ1) is 52.5. The second-order valence-electron chi connectivity index (χ2n) is 18.7. The number of nitrogens with one attached hydrogen (secondary N) is 2. The van der Waals surface area contributed by atoms with E-state index in [9.17, 15) is 14.4 Å². The molecule has 17 nitrogen and oxygen atoms in total. The van der Waals surface area contributed by atoms with Crippen LogP contribution in [0.2, 0.25) is 0 Å². The lowest BCUT2D eigenvalue weighted by atomic mass is 9.77. The van der Waals surface area contributed by atoms with E-state index in [1.807, 2.05) is 121 Å². The average molecular weight is 1100 g/mol. The minimum Gasteiger partial charge on any atom is -0.497 e. The normalized spacial score (nSPS) is 16.0. The zero-order valence-electron chi connectivity index (χ0n) is 43.2. The van der Waals surface area contributed by atoms with Crippen molar-refractivity contribution in [2.24, 2.45) is 5.16 Å². The minimum absolute atomic E-state index is 0.00717. The monoisotopic (exact) mass is 1100 g/mol. The number of β-lactam (4-membered cyclic amide) rings is 1. The van der Waals surface area contributed by atoms with Gasteiger partial charge in [0.2, 0.25) is 11.7 Å². The number of nitrogen functional groups attached to an aromatic ring is 1. The van der Waals surface area contributed by atoms with Crippen molar-refractivity contribution in [1.82, 2.24) is 24.8 Å². The number of oxime groups is 1. The summed E-state index contributed by atoms with van der Waals surface area (Å²) < 4.78 is 21.0. The Bertz CT molecular complexity index is 3640. The second-order valence-corrected chi connectivity index (χ2v) is 20.9. The number of benzene rings is 6. The van der Waals surface area contributed by atoms with Gasteiger partial charge in [-0.05, 0) is 45.5 Å². The number of esters is 2. The number of methoxy groups -OCH3 is 1. The fourth-order valence-electron chi connectivity index (χ4n) is 10.1. The van der Waals surface area contributed by atoms with Crippen molar-refractivity contribution < 1.29 is 42.8 Å². The number of carbonyl (C=O) groups excluding carboxylic acids is 4. The third kappa shape index (κ3) is 10.1. The van der Waals surface area contributed by atoms with Crippen LogP contribution in [0, 0.1) is 0 Å². The Morgan fingerprint density at radius 3 is 1.96 bits per heavy atom. The van der Waals surface area contributed by atoms with Gasteiger partial charge in [0.05, 0.1) is 36.9 Å². The third-order valence-corrected chi connectivity index (χ3v) is 16.2. The van der Waals surface area contributed by atoms with E-state index in [4.69, 9.17) is 29.8 Å². The van der Waals surface area contributed by atoms with Crippen molar-refractivity contribution in [2.75, 3.05) is 25.3 Å². The van der Waals surface area contributed by atoms with E-state index in [2.05, 4.69) is 57.3 Å². The number of thioether (sulfide) groups is 1. The number of anilines is 2. The lowest BCUT2D eigenvalue weighted by molar-refractivity contribution is -0.667. The summed E-state index contributed by atoms with van der Waals surface area (Å²) in [7, 11) is 2.87. The lowest BCUT2D eigenvalue weighted by Crippen LogP contribution is -2.62. The van der Waals surface area contributed by atoms with Crippen molar-refractivity contribution in [1.29, 1.82) is 0 Å². The molecular formula is C61H52N9O8S2+. The average Bonchev–Trinajstić information content (AvgIpc) is 4.29. The van der Waals surface area contributed by atoms with Gasteiger partial charge in [-0.25, -0.2) is 19.1 Å². The number of amides is 2. The standard InChI is InChI=1S/C61H51N9O8S2/c1-75-46-30-28-40(29-31-46)38-77-58(74)54-48(37-68-36-47(56(62)70-51(68)32-33-63-70)57(73)78-55(41-18-8-3-9-19-41)42-20-10-4-11-21-42)61(66-50(71)35-64-76-2,80-53-34-52(72)69(53)54)49-39-79-59(65-49)67-60(43-22-12-5-13-23-43,44-24-14-6-15-25-44)45-26-16-7-17-27-45/h3-33,35-36,39,53,55,62H,34,37-38H2,1-2H3,(H2,65,66,67,71)/p+1/t53-,61?/m0/s1. The van der Waals surface area contributed by atoms with Crippen LogP contribution in [0.3, 0.4) is 0 Å². The van der Waals surface area contributed by atoms with Gasteiger partial charge >= 0.3 is 17.6 Å². The van der Waals surface area contributed by atoms with Crippen LogP contribution in [0.25, 0.3) is 5.65 Å². The Labute approximate surface area is 468 Å². The molecule has 5 heterocycles. The van der Waals surface area contributed by atoms with Gasteiger partial charge in [0.15, 0.2) is 21.7 Å². The lowest BCUT2D eigenvalue weighted by Gasteiger charge is -2.51. The molecule has 0 radical (unpaired) electrons. The Morgan fingerprint density at radius 2 is 1.40 bits per heavy atom.